The molecular formula is C16H21NO4S. The first kappa shape index (κ1) is 16.5. The van der Waals surface area contributed by atoms with Gasteiger partial charge >= 0.3 is 0 Å². The van der Waals surface area contributed by atoms with Crippen molar-refractivity contribution in [1.82, 2.24) is 4.31 Å². The zero-order valence-electron chi connectivity index (χ0n) is 12.9. The number of carbonyl (C=O) groups excluding carboxylic acids is 1. The van der Waals surface area contributed by atoms with Crippen molar-refractivity contribution in [2.75, 3.05) is 12.3 Å². The minimum Gasteiger partial charge on any atom is -0.490 e. The number of amides is 1. The molecule has 5 nitrogen and oxygen atoms in total. The molecule has 1 fully saturated rings. The number of nitrogens with zero attached hydrogens (tertiary/aromatic N) is 1. The molecule has 0 radical (unpaired) electrons. The lowest BCUT2D eigenvalue weighted by Crippen LogP contribution is -2.30. The second-order valence-electron chi connectivity index (χ2n) is 5.29. The van der Waals surface area contributed by atoms with E-state index in [1.807, 2.05) is 38.1 Å². The van der Waals surface area contributed by atoms with Gasteiger partial charge in [-0.05, 0) is 31.9 Å². The number of hydrogen-bond donors (Lipinski definition) is 0. The summed E-state index contributed by atoms with van der Waals surface area (Å²) in [5.41, 5.74) is 0.757. The van der Waals surface area contributed by atoms with Crippen molar-refractivity contribution < 1.29 is 17.9 Å². The minimum atomic E-state index is -3.42. The average Bonchev–Trinajstić information content (AvgIpc) is 2.85. The normalized spacial score (nSPS) is 18.5. The summed E-state index contributed by atoms with van der Waals surface area (Å²) in [6.07, 6.45) is 4.35. The van der Waals surface area contributed by atoms with Gasteiger partial charge in [0.05, 0.1) is 11.9 Å². The van der Waals surface area contributed by atoms with Crippen molar-refractivity contribution in [1.29, 1.82) is 0 Å². The van der Waals surface area contributed by atoms with E-state index in [0.717, 1.165) is 16.3 Å². The van der Waals surface area contributed by atoms with Gasteiger partial charge in [0, 0.05) is 18.2 Å². The first-order valence-electron chi connectivity index (χ1n) is 7.42. The summed E-state index contributed by atoms with van der Waals surface area (Å²) in [5.74, 6) is 0.223. The summed E-state index contributed by atoms with van der Waals surface area (Å²) in [5, 5.41) is 0. The molecule has 0 spiro atoms. The summed E-state index contributed by atoms with van der Waals surface area (Å²) in [6.45, 7) is 4.27. The maximum atomic E-state index is 12.0. The predicted molar refractivity (Wildman–Crippen MR) is 86.0 cm³/mol. The molecular weight excluding hydrogens is 302 g/mol. The second-order valence-corrected chi connectivity index (χ2v) is 7.30. The first-order chi connectivity index (χ1) is 10.4. The Morgan fingerprint density at radius 3 is 2.77 bits per heavy atom. The Balaban J connectivity index is 2.15. The number of rotatable bonds is 5. The van der Waals surface area contributed by atoms with Crippen LogP contribution in [0.1, 0.15) is 32.3 Å². The number of para-hydroxylation sites is 1. The molecule has 1 aliphatic heterocycles. The van der Waals surface area contributed by atoms with Gasteiger partial charge in [-0.3, -0.25) is 4.79 Å². The molecule has 6 heteroatoms. The van der Waals surface area contributed by atoms with E-state index in [1.54, 1.807) is 6.08 Å². The van der Waals surface area contributed by atoms with Crippen LogP contribution >= 0.6 is 0 Å². The largest absolute Gasteiger partial charge is 0.490 e. The Bertz CT molecular complexity index is 666. The molecule has 1 amide bonds. The fraction of sp³-hybridized carbons (Fsp3) is 0.438. The highest BCUT2D eigenvalue weighted by Gasteiger charge is 2.31. The first-order valence-corrected chi connectivity index (χ1v) is 9.03. The summed E-state index contributed by atoms with van der Waals surface area (Å²) in [6, 6.07) is 7.38. The standard InChI is InChI=1S/C16H21NO4S/c1-3-13(2)21-15-8-5-4-7-14(15)9-10-16(18)17-11-6-12-22(17,19)20/h4-5,7-10,13H,3,6,11-12H2,1-2H3/b10-9+/t13-/m1/s1. The molecule has 0 aromatic heterocycles. The third kappa shape index (κ3) is 3.88. The van der Waals surface area contributed by atoms with Crippen molar-refractivity contribution in [2.24, 2.45) is 0 Å². The second kappa shape index (κ2) is 6.96. The van der Waals surface area contributed by atoms with Gasteiger partial charge in [-0.2, -0.15) is 0 Å². The Morgan fingerprint density at radius 2 is 2.14 bits per heavy atom. The van der Waals surface area contributed by atoms with Crippen LogP contribution in [-0.4, -0.2) is 37.0 Å². The van der Waals surface area contributed by atoms with Crippen LogP contribution in [0.25, 0.3) is 6.08 Å². The lowest BCUT2D eigenvalue weighted by Gasteiger charge is -2.15. The van der Waals surface area contributed by atoms with Crippen molar-refractivity contribution in [3.05, 3.63) is 35.9 Å². The van der Waals surface area contributed by atoms with Crippen molar-refractivity contribution >= 4 is 22.0 Å². The van der Waals surface area contributed by atoms with Gasteiger partial charge in [0.15, 0.2) is 0 Å². The van der Waals surface area contributed by atoms with Crippen molar-refractivity contribution in [3.8, 4) is 5.75 Å². The fourth-order valence-electron chi connectivity index (χ4n) is 2.16. The molecule has 1 atom stereocenters. The van der Waals surface area contributed by atoms with E-state index in [4.69, 9.17) is 4.74 Å². The number of benzene rings is 1. The van der Waals surface area contributed by atoms with E-state index < -0.39 is 15.9 Å². The summed E-state index contributed by atoms with van der Waals surface area (Å²) >= 11 is 0. The Labute approximate surface area is 131 Å². The van der Waals surface area contributed by atoms with Gasteiger partial charge in [-0.1, -0.05) is 25.1 Å². The van der Waals surface area contributed by atoms with E-state index in [1.165, 1.54) is 6.08 Å². The molecule has 0 saturated carbocycles. The summed E-state index contributed by atoms with van der Waals surface area (Å²) in [7, 11) is -3.42. The van der Waals surface area contributed by atoms with Crippen molar-refractivity contribution in [2.45, 2.75) is 32.8 Å². The van der Waals surface area contributed by atoms with Gasteiger partial charge in [0.1, 0.15) is 5.75 Å². The van der Waals surface area contributed by atoms with Gasteiger partial charge in [0.2, 0.25) is 10.0 Å². The monoisotopic (exact) mass is 323 g/mol. The van der Waals surface area contributed by atoms with E-state index in [-0.39, 0.29) is 18.4 Å². The maximum Gasteiger partial charge on any atom is 0.260 e. The van der Waals surface area contributed by atoms with Crippen LogP contribution in [0.4, 0.5) is 0 Å². The van der Waals surface area contributed by atoms with E-state index in [9.17, 15) is 13.2 Å². The Hall–Kier alpha value is -1.82. The zero-order valence-corrected chi connectivity index (χ0v) is 13.7. The van der Waals surface area contributed by atoms with Gasteiger partial charge in [0.25, 0.3) is 5.91 Å². The van der Waals surface area contributed by atoms with Gasteiger partial charge < -0.3 is 4.74 Å². The molecule has 1 aromatic carbocycles. The predicted octanol–water partition coefficient (Wildman–Crippen LogP) is 2.44. The highest BCUT2D eigenvalue weighted by molar-refractivity contribution is 7.89. The summed E-state index contributed by atoms with van der Waals surface area (Å²) in [4.78, 5) is 12.0. The molecule has 1 aromatic rings. The molecule has 0 bridgehead atoms. The van der Waals surface area contributed by atoms with Crippen LogP contribution in [-0.2, 0) is 14.8 Å². The molecule has 120 valence electrons. The van der Waals surface area contributed by atoms with Crippen LogP contribution < -0.4 is 4.74 Å². The average molecular weight is 323 g/mol. The van der Waals surface area contributed by atoms with Crippen LogP contribution in [0, 0.1) is 0 Å². The molecule has 0 unspecified atom stereocenters. The molecule has 0 N–H and O–H groups in total. The summed E-state index contributed by atoms with van der Waals surface area (Å²) < 4.78 is 30.2. The molecule has 22 heavy (non-hydrogen) atoms. The molecule has 2 rings (SSSR count). The molecule has 1 aliphatic rings. The third-order valence-electron chi connectivity index (χ3n) is 3.57. The Morgan fingerprint density at radius 1 is 1.41 bits per heavy atom. The highest BCUT2D eigenvalue weighted by Crippen LogP contribution is 2.22. The number of sulfonamides is 1. The number of ether oxygens (including phenoxy) is 1. The fourth-order valence-corrected chi connectivity index (χ4v) is 3.61. The Kier molecular flexibility index (Phi) is 5.24. The third-order valence-corrected chi connectivity index (χ3v) is 5.41. The highest BCUT2D eigenvalue weighted by atomic mass is 32.2. The van der Waals surface area contributed by atoms with Crippen LogP contribution in [0.2, 0.25) is 0 Å². The maximum absolute atomic E-state index is 12.0. The van der Waals surface area contributed by atoms with E-state index in [2.05, 4.69) is 0 Å². The van der Waals surface area contributed by atoms with Gasteiger partial charge in [-0.15, -0.1) is 0 Å². The van der Waals surface area contributed by atoms with Crippen molar-refractivity contribution in [3.63, 3.8) is 0 Å². The van der Waals surface area contributed by atoms with Gasteiger partial charge in [-0.25, -0.2) is 12.7 Å². The zero-order chi connectivity index (χ0) is 16.2. The smallest absolute Gasteiger partial charge is 0.260 e. The number of carbonyl (C=O) groups is 1. The van der Waals surface area contributed by atoms with E-state index in [0.29, 0.717) is 12.2 Å². The molecule has 1 heterocycles. The van der Waals surface area contributed by atoms with Crippen LogP contribution in [0.3, 0.4) is 0 Å². The minimum absolute atomic E-state index is 0.0420. The lowest BCUT2D eigenvalue weighted by atomic mass is 10.2. The molecule has 1 saturated heterocycles. The molecule has 0 aliphatic carbocycles. The SMILES string of the molecule is CC[C@@H](C)Oc1ccccc1/C=C/C(=O)N1CCCS1(=O)=O. The lowest BCUT2D eigenvalue weighted by molar-refractivity contribution is -0.121. The quantitative estimate of drug-likeness (QED) is 0.781. The van der Waals surface area contributed by atoms with Crippen LogP contribution in [0.5, 0.6) is 5.75 Å². The van der Waals surface area contributed by atoms with Crippen LogP contribution in [0.15, 0.2) is 30.3 Å². The van der Waals surface area contributed by atoms with E-state index >= 15 is 0 Å². The number of hydrogen-bond acceptors (Lipinski definition) is 4. The topological polar surface area (TPSA) is 63.7 Å².